The number of rotatable bonds is 7. The summed E-state index contributed by atoms with van der Waals surface area (Å²) in [5.41, 5.74) is 2.69. The van der Waals surface area contributed by atoms with E-state index in [-0.39, 0.29) is 18.0 Å². The molecule has 1 fully saturated rings. The van der Waals surface area contributed by atoms with E-state index in [2.05, 4.69) is 17.1 Å². The normalized spacial score (nSPS) is 19.6. The van der Waals surface area contributed by atoms with Crippen LogP contribution in [0.25, 0.3) is 11.5 Å². The summed E-state index contributed by atoms with van der Waals surface area (Å²) >= 11 is 0. The maximum Gasteiger partial charge on any atom is 0.226 e. The third kappa shape index (κ3) is 5.06. The van der Waals surface area contributed by atoms with E-state index in [1.807, 2.05) is 18.2 Å². The minimum Gasteiger partial charge on any atom is -0.444 e. The molecule has 4 nitrogen and oxygen atoms in total. The Balaban J connectivity index is 1.26. The monoisotopic (exact) mass is 381 g/mol. The lowest BCUT2D eigenvalue weighted by molar-refractivity contribution is -0.0561. The SMILES string of the molecule is Fc1ccc(-c2nc(CO[C@@H]3CCC[C@H](OCc4ccccc4)C3)co2)cc1. The van der Waals surface area contributed by atoms with Crippen molar-refractivity contribution in [3.8, 4) is 11.5 Å². The van der Waals surface area contributed by atoms with Gasteiger partial charge in [0.05, 0.1) is 25.4 Å². The van der Waals surface area contributed by atoms with Gasteiger partial charge in [0, 0.05) is 5.56 Å². The minimum absolute atomic E-state index is 0.167. The van der Waals surface area contributed by atoms with Crippen LogP contribution < -0.4 is 0 Å². The topological polar surface area (TPSA) is 44.5 Å². The Morgan fingerprint density at radius 1 is 0.929 bits per heavy atom. The summed E-state index contributed by atoms with van der Waals surface area (Å²) in [6.07, 6.45) is 6.11. The van der Waals surface area contributed by atoms with Crippen molar-refractivity contribution < 1.29 is 18.3 Å². The van der Waals surface area contributed by atoms with Gasteiger partial charge in [-0.15, -0.1) is 0 Å². The predicted molar refractivity (Wildman–Crippen MR) is 104 cm³/mol. The zero-order valence-electron chi connectivity index (χ0n) is 15.7. The fourth-order valence-corrected chi connectivity index (χ4v) is 3.49. The Kier molecular flexibility index (Phi) is 6.14. The minimum atomic E-state index is -0.278. The Bertz CT molecular complexity index is 863. The first kappa shape index (κ1) is 18.8. The Morgan fingerprint density at radius 3 is 2.39 bits per heavy atom. The maximum atomic E-state index is 13.0. The molecule has 28 heavy (non-hydrogen) atoms. The highest BCUT2D eigenvalue weighted by atomic mass is 19.1. The molecule has 1 aliphatic carbocycles. The van der Waals surface area contributed by atoms with E-state index in [1.165, 1.54) is 17.7 Å². The van der Waals surface area contributed by atoms with Crippen molar-refractivity contribution in [1.82, 2.24) is 4.98 Å². The molecule has 5 heteroatoms. The standard InChI is InChI=1S/C23H24FNO3/c24-19-11-9-18(10-12-19)23-25-20(16-28-23)15-27-22-8-4-7-21(13-22)26-14-17-5-2-1-3-6-17/h1-3,5-6,9-12,16,21-22H,4,7-8,13-15H2/t21-,22+/m0/s1. The van der Waals surface area contributed by atoms with Gasteiger partial charge in [0.15, 0.2) is 0 Å². The van der Waals surface area contributed by atoms with E-state index in [0.29, 0.717) is 19.1 Å². The fourth-order valence-electron chi connectivity index (χ4n) is 3.49. The van der Waals surface area contributed by atoms with Gasteiger partial charge in [0.1, 0.15) is 17.8 Å². The molecular formula is C23H24FNO3. The molecule has 4 rings (SSSR count). The van der Waals surface area contributed by atoms with Gasteiger partial charge in [-0.2, -0.15) is 0 Å². The zero-order chi connectivity index (χ0) is 19.2. The zero-order valence-corrected chi connectivity index (χ0v) is 15.7. The molecule has 2 atom stereocenters. The van der Waals surface area contributed by atoms with Gasteiger partial charge in [-0.05, 0) is 55.5 Å². The molecular weight excluding hydrogens is 357 g/mol. The number of nitrogens with zero attached hydrogens (tertiary/aromatic N) is 1. The molecule has 1 heterocycles. The van der Waals surface area contributed by atoms with Crippen molar-refractivity contribution in [2.75, 3.05) is 0 Å². The number of benzene rings is 2. The van der Waals surface area contributed by atoms with Crippen LogP contribution in [0.15, 0.2) is 65.3 Å². The molecule has 0 aliphatic heterocycles. The molecule has 0 bridgehead atoms. The molecule has 0 N–H and O–H groups in total. The largest absolute Gasteiger partial charge is 0.444 e. The highest BCUT2D eigenvalue weighted by Crippen LogP contribution is 2.26. The van der Waals surface area contributed by atoms with Crippen molar-refractivity contribution in [3.05, 3.63) is 77.9 Å². The van der Waals surface area contributed by atoms with Gasteiger partial charge in [-0.1, -0.05) is 30.3 Å². The number of hydrogen-bond acceptors (Lipinski definition) is 4. The molecule has 1 aliphatic rings. The second-order valence-electron chi connectivity index (χ2n) is 7.17. The van der Waals surface area contributed by atoms with Gasteiger partial charge in [0.2, 0.25) is 5.89 Å². The molecule has 2 aromatic carbocycles. The summed E-state index contributed by atoms with van der Waals surface area (Å²) in [6.45, 7) is 1.04. The average Bonchev–Trinajstić information content (AvgIpc) is 3.21. The quantitative estimate of drug-likeness (QED) is 0.540. The third-order valence-electron chi connectivity index (χ3n) is 5.02. The van der Waals surface area contributed by atoms with Crippen molar-refractivity contribution >= 4 is 0 Å². The van der Waals surface area contributed by atoms with Crippen LogP contribution in [-0.2, 0) is 22.7 Å². The van der Waals surface area contributed by atoms with E-state index < -0.39 is 0 Å². The van der Waals surface area contributed by atoms with Crippen molar-refractivity contribution in [2.24, 2.45) is 0 Å². The van der Waals surface area contributed by atoms with Crippen molar-refractivity contribution in [2.45, 2.75) is 51.1 Å². The first-order chi connectivity index (χ1) is 13.8. The molecule has 0 saturated heterocycles. The van der Waals surface area contributed by atoms with Crippen LogP contribution in [0.4, 0.5) is 4.39 Å². The van der Waals surface area contributed by atoms with Gasteiger partial charge >= 0.3 is 0 Å². The Labute approximate surface area is 164 Å². The average molecular weight is 381 g/mol. The van der Waals surface area contributed by atoms with Gasteiger partial charge in [0.25, 0.3) is 0 Å². The van der Waals surface area contributed by atoms with E-state index in [9.17, 15) is 4.39 Å². The Morgan fingerprint density at radius 2 is 1.64 bits per heavy atom. The fraction of sp³-hybridized carbons (Fsp3) is 0.348. The van der Waals surface area contributed by atoms with Crippen LogP contribution in [0.3, 0.4) is 0 Å². The van der Waals surface area contributed by atoms with Gasteiger partial charge < -0.3 is 13.9 Å². The molecule has 0 unspecified atom stereocenters. The van der Waals surface area contributed by atoms with Crippen LogP contribution in [0.1, 0.15) is 36.9 Å². The number of oxazole rings is 1. The molecule has 0 radical (unpaired) electrons. The second-order valence-corrected chi connectivity index (χ2v) is 7.17. The van der Waals surface area contributed by atoms with Gasteiger partial charge in [-0.25, -0.2) is 9.37 Å². The molecule has 3 aromatic rings. The Hall–Kier alpha value is -2.50. The summed E-state index contributed by atoms with van der Waals surface area (Å²) in [4.78, 5) is 4.44. The van der Waals surface area contributed by atoms with Crippen LogP contribution in [0.2, 0.25) is 0 Å². The predicted octanol–water partition coefficient (Wildman–Crippen LogP) is 5.53. The molecule has 146 valence electrons. The molecule has 0 spiro atoms. The van der Waals surface area contributed by atoms with E-state index >= 15 is 0 Å². The number of ether oxygens (including phenoxy) is 2. The molecule has 0 amide bonds. The van der Waals surface area contributed by atoms with E-state index in [0.717, 1.165) is 36.9 Å². The van der Waals surface area contributed by atoms with Gasteiger partial charge in [-0.3, -0.25) is 0 Å². The van der Waals surface area contributed by atoms with Crippen LogP contribution in [0, 0.1) is 5.82 Å². The van der Waals surface area contributed by atoms with E-state index in [1.54, 1.807) is 18.4 Å². The van der Waals surface area contributed by atoms with Crippen molar-refractivity contribution in [1.29, 1.82) is 0 Å². The lowest BCUT2D eigenvalue weighted by Gasteiger charge is -2.29. The lowest BCUT2D eigenvalue weighted by atomic mass is 9.95. The highest BCUT2D eigenvalue weighted by Gasteiger charge is 2.23. The second kappa shape index (κ2) is 9.13. The smallest absolute Gasteiger partial charge is 0.226 e. The summed E-state index contributed by atoms with van der Waals surface area (Å²) < 4.78 is 30.7. The summed E-state index contributed by atoms with van der Waals surface area (Å²) in [5.74, 6) is 0.200. The van der Waals surface area contributed by atoms with E-state index in [4.69, 9.17) is 13.9 Å². The number of halogens is 1. The first-order valence-electron chi connectivity index (χ1n) is 9.74. The van der Waals surface area contributed by atoms with Crippen LogP contribution >= 0.6 is 0 Å². The third-order valence-corrected chi connectivity index (χ3v) is 5.02. The molecule has 1 saturated carbocycles. The number of aromatic nitrogens is 1. The van der Waals surface area contributed by atoms with Crippen molar-refractivity contribution in [3.63, 3.8) is 0 Å². The number of hydrogen-bond donors (Lipinski definition) is 0. The summed E-state index contributed by atoms with van der Waals surface area (Å²) in [5, 5.41) is 0. The summed E-state index contributed by atoms with van der Waals surface area (Å²) in [7, 11) is 0. The van der Waals surface area contributed by atoms with Crippen LogP contribution in [-0.4, -0.2) is 17.2 Å². The summed E-state index contributed by atoms with van der Waals surface area (Å²) in [6, 6.07) is 16.3. The highest BCUT2D eigenvalue weighted by molar-refractivity contribution is 5.52. The van der Waals surface area contributed by atoms with Crippen LogP contribution in [0.5, 0.6) is 0 Å². The maximum absolute atomic E-state index is 13.0. The first-order valence-corrected chi connectivity index (χ1v) is 9.74. The molecule has 1 aromatic heterocycles. The lowest BCUT2D eigenvalue weighted by Crippen LogP contribution is -2.28.